The zero-order chi connectivity index (χ0) is 18.2. The Bertz CT molecular complexity index is 852. The van der Waals surface area contributed by atoms with Crippen LogP contribution in [0.25, 0.3) is 0 Å². The molecule has 26 heavy (non-hydrogen) atoms. The average molecular weight is 406 g/mol. The Morgan fingerprint density at radius 2 is 1.88 bits per heavy atom. The molecule has 0 bridgehead atoms. The SMILES string of the molecule is O=C(CSc1nnc(NC(=O)Nc2cccs2)s1)NCc1ccccc1. The van der Waals surface area contributed by atoms with E-state index in [1.54, 1.807) is 6.07 Å². The van der Waals surface area contributed by atoms with Crippen LogP contribution < -0.4 is 16.0 Å². The number of hydrogen-bond donors (Lipinski definition) is 3. The molecule has 0 aliphatic rings. The van der Waals surface area contributed by atoms with Crippen LogP contribution in [0.5, 0.6) is 0 Å². The third kappa shape index (κ3) is 5.83. The molecule has 0 atom stereocenters. The van der Waals surface area contributed by atoms with Crippen molar-refractivity contribution in [2.45, 2.75) is 10.9 Å². The standard InChI is InChI=1S/C16H15N5O2S3/c22-12(17-9-11-5-2-1-3-6-11)10-25-16-21-20-15(26-16)19-14(23)18-13-7-4-8-24-13/h1-8H,9-10H2,(H,17,22)(H2,18,19,20,23). The second-order valence-corrected chi connectivity index (χ2v) is 8.13. The van der Waals surface area contributed by atoms with Gasteiger partial charge in [0.1, 0.15) is 0 Å². The number of carbonyl (C=O) groups excluding carboxylic acids is 2. The maximum Gasteiger partial charge on any atom is 0.326 e. The van der Waals surface area contributed by atoms with E-state index in [2.05, 4.69) is 26.1 Å². The number of benzene rings is 1. The number of thioether (sulfide) groups is 1. The lowest BCUT2D eigenvalue weighted by Gasteiger charge is -2.03. The van der Waals surface area contributed by atoms with Gasteiger partial charge in [0.15, 0.2) is 4.34 Å². The summed E-state index contributed by atoms with van der Waals surface area (Å²) in [7, 11) is 0. The monoisotopic (exact) mass is 405 g/mol. The summed E-state index contributed by atoms with van der Waals surface area (Å²) in [4.78, 5) is 23.7. The number of hydrogen-bond acceptors (Lipinski definition) is 7. The molecule has 3 aromatic rings. The van der Waals surface area contributed by atoms with Crippen molar-refractivity contribution in [1.82, 2.24) is 15.5 Å². The molecule has 7 nitrogen and oxygen atoms in total. The average Bonchev–Trinajstić information content (AvgIpc) is 3.31. The maximum atomic E-state index is 11.9. The van der Waals surface area contributed by atoms with Crippen molar-refractivity contribution in [3.63, 3.8) is 0 Å². The Hall–Kier alpha value is -2.43. The highest BCUT2D eigenvalue weighted by atomic mass is 32.2. The predicted octanol–water partition coefficient (Wildman–Crippen LogP) is 3.65. The van der Waals surface area contributed by atoms with Crippen LogP contribution in [-0.2, 0) is 11.3 Å². The molecule has 0 fully saturated rings. The molecule has 2 aromatic heterocycles. The number of aromatic nitrogens is 2. The van der Waals surface area contributed by atoms with E-state index < -0.39 is 0 Å². The topological polar surface area (TPSA) is 96.0 Å². The van der Waals surface area contributed by atoms with Gasteiger partial charge >= 0.3 is 6.03 Å². The summed E-state index contributed by atoms with van der Waals surface area (Å²) in [5.74, 6) is 0.155. The summed E-state index contributed by atoms with van der Waals surface area (Å²) >= 11 is 3.93. The van der Waals surface area contributed by atoms with Crippen LogP contribution in [0, 0.1) is 0 Å². The van der Waals surface area contributed by atoms with E-state index in [4.69, 9.17) is 0 Å². The molecule has 3 N–H and O–H groups in total. The van der Waals surface area contributed by atoms with Gasteiger partial charge in [-0.1, -0.05) is 53.4 Å². The van der Waals surface area contributed by atoms with Crippen molar-refractivity contribution in [3.05, 3.63) is 53.4 Å². The van der Waals surface area contributed by atoms with Crippen LogP contribution >= 0.6 is 34.4 Å². The molecule has 0 aliphatic carbocycles. The molecule has 10 heteroatoms. The number of rotatable bonds is 7. The molecule has 134 valence electrons. The summed E-state index contributed by atoms with van der Waals surface area (Å²) < 4.78 is 0.617. The van der Waals surface area contributed by atoms with Gasteiger partial charge in [0, 0.05) is 6.54 Å². The van der Waals surface area contributed by atoms with Crippen molar-refractivity contribution >= 4 is 56.5 Å². The van der Waals surface area contributed by atoms with E-state index in [1.807, 2.05) is 41.8 Å². The number of nitrogens with one attached hydrogen (secondary N) is 3. The first kappa shape index (κ1) is 18.4. The number of nitrogens with zero attached hydrogens (tertiary/aromatic N) is 2. The fourth-order valence-electron chi connectivity index (χ4n) is 1.88. The summed E-state index contributed by atoms with van der Waals surface area (Å²) in [6, 6.07) is 13.0. The van der Waals surface area contributed by atoms with Gasteiger partial charge in [-0.25, -0.2) is 4.79 Å². The molecule has 1 aromatic carbocycles. The van der Waals surface area contributed by atoms with Gasteiger partial charge in [0.2, 0.25) is 11.0 Å². The summed E-state index contributed by atoms with van der Waals surface area (Å²) in [5, 5.41) is 19.0. The lowest BCUT2D eigenvalue weighted by molar-refractivity contribution is -0.118. The van der Waals surface area contributed by atoms with Crippen LogP contribution in [0.15, 0.2) is 52.2 Å². The van der Waals surface area contributed by atoms with Crippen molar-refractivity contribution in [2.24, 2.45) is 0 Å². The van der Waals surface area contributed by atoms with Crippen LogP contribution in [0.2, 0.25) is 0 Å². The predicted molar refractivity (Wildman–Crippen MR) is 106 cm³/mol. The Balaban J connectivity index is 1.40. The van der Waals surface area contributed by atoms with Crippen LogP contribution in [-0.4, -0.2) is 27.9 Å². The minimum atomic E-state index is -0.374. The highest BCUT2D eigenvalue weighted by molar-refractivity contribution is 8.01. The number of urea groups is 1. The van der Waals surface area contributed by atoms with Crippen molar-refractivity contribution < 1.29 is 9.59 Å². The third-order valence-corrected chi connectivity index (χ3v) is 5.80. The normalized spacial score (nSPS) is 10.3. The van der Waals surface area contributed by atoms with Crippen molar-refractivity contribution in [2.75, 3.05) is 16.4 Å². The van der Waals surface area contributed by atoms with Crippen molar-refractivity contribution in [1.29, 1.82) is 0 Å². The van der Waals surface area contributed by atoms with Gasteiger partial charge < -0.3 is 5.32 Å². The largest absolute Gasteiger partial charge is 0.351 e. The molecule has 0 unspecified atom stereocenters. The highest BCUT2D eigenvalue weighted by Gasteiger charge is 2.11. The van der Waals surface area contributed by atoms with Gasteiger partial charge in [-0.15, -0.1) is 21.5 Å². The molecule has 3 amide bonds. The first-order valence-electron chi connectivity index (χ1n) is 7.57. The molecule has 0 aliphatic heterocycles. The molecule has 0 radical (unpaired) electrons. The van der Waals surface area contributed by atoms with Crippen LogP contribution in [0.1, 0.15) is 5.56 Å². The zero-order valence-electron chi connectivity index (χ0n) is 13.5. The van der Waals surface area contributed by atoms with E-state index in [0.29, 0.717) is 16.0 Å². The smallest absolute Gasteiger partial charge is 0.326 e. The van der Waals surface area contributed by atoms with Gasteiger partial charge in [0.25, 0.3) is 0 Å². The zero-order valence-corrected chi connectivity index (χ0v) is 15.9. The van der Waals surface area contributed by atoms with Gasteiger partial charge in [0.05, 0.1) is 10.8 Å². The van der Waals surface area contributed by atoms with E-state index >= 15 is 0 Å². The van der Waals surface area contributed by atoms with Crippen LogP contribution in [0.3, 0.4) is 0 Å². The number of amides is 3. The lowest BCUT2D eigenvalue weighted by Crippen LogP contribution is -2.24. The van der Waals surface area contributed by atoms with E-state index in [1.165, 1.54) is 34.4 Å². The number of carbonyl (C=O) groups is 2. The first-order valence-corrected chi connectivity index (χ1v) is 10.3. The third-order valence-electron chi connectivity index (χ3n) is 3.04. The highest BCUT2D eigenvalue weighted by Crippen LogP contribution is 2.25. The minimum Gasteiger partial charge on any atom is -0.351 e. The summed E-state index contributed by atoms with van der Waals surface area (Å²) in [6.07, 6.45) is 0. The van der Waals surface area contributed by atoms with E-state index in [9.17, 15) is 9.59 Å². The molecule has 2 heterocycles. The molecule has 3 rings (SSSR count). The number of thiophene rings is 1. The second-order valence-electron chi connectivity index (χ2n) is 4.98. The van der Waals surface area contributed by atoms with Gasteiger partial charge in [-0.2, -0.15) is 0 Å². The Kier molecular flexibility index (Phi) is 6.58. The van der Waals surface area contributed by atoms with Crippen LogP contribution in [0.4, 0.5) is 14.9 Å². The lowest BCUT2D eigenvalue weighted by atomic mass is 10.2. The summed E-state index contributed by atoms with van der Waals surface area (Å²) in [6.45, 7) is 0.492. The van der Waals surface area contributed by atoms with Crippen molar-refractivity contribution in [3.8, 4) is 0 Å². The van der Waals surface area contributed by atoms with E-state index in [0.717, 1.165) is 10.6 Å². The molecule has 0 saturated carbocycles. The fourth-order valence-corrected chi connectivity index (χ4v) is 4.07. The fraction of sp³-hybridized carbons (Fsp3) is 0.125. The molecular weight excluding hydrogens is 390 g/mol. The molecule has 0 spiro atoms. The second kappa shape index (κ2) is 9.32. The maximum absolute atomic E-state index is 11.9. The molecule has 0 saturated heterocycles. The minimum absolute atomic E-state index is 0.0843. The number of anilines is 2. The summed E-state index contributed by atoms with van der Waals surface area (Å²) in [5.41, 5.74) is 1.05. The Morgan fingerprint density at radius 3 is 2.65 bits per heavy atom. The quantitative estimate of drug-likeness (QED) is 0.412. The molecular formula is C16H15N5O2S3. The van der Waals surface area contributed by atoms with Gasteiger partial charge in [-0.05, 0) is 23.1 Å². The Labute approximate surface area is 162 Å². The first-order chi connectivity index (χ1) is 12.7. The Morgan fingerprint density at radius 1 is 1.04 bits per heavy atom. The van der Waals surface area contributed by atoms with Gasteiger partial charge in [-0.3, -0.25) is 15.4 Å². The van der Waals surface area contributed by atoms with E-state index in [-0.39, 0.29) is 17.7 Å².